The number of hydrogen-bond acceptors (Lipinski definition) is 8. The molecule has 0 bridgehead atoms. The van der Waals surface area contributed by atoms with Crippen LogP contribution in [0.15, 0.2) is 59.0 Å². The van der Waals surface area contributed by atoms with Crippen LogP contribution in [-0.4, -0.2) is 58.2 Å². The molecule has 226 valence electrons. The number of aromatic nitrogens is 1. The smallest absolute Gasteiger partial charge is 0.269 e. The predicted octanol–water partition coefficient (Wildman–Crippen LogP) is 6.58. The summed E-state index contributed by atoms with van der Waals surface area (Å²) in [6.07, 6.45) is 11.3. The minimum atomic E-state index is -4.41. The molecule has 1 fully saturated rings. The Hall–Kier alpha value is -2.86. The Morgan fingerprint density at radius 2 is 1.93 bits per heavy atom. The monoisotopic (exact) mass is 634 g/mol. The van der Waals surface area contributed by atoms with E-state index >= 15 is 4.39 Å². The van der Waals surface area contributed by atoms with E-state index in [9.17, 15) is 8.42 Å². The third-order valence-electron chi connectivity index (χ3n) is 7.92. The number of anilines is 2. The molecule has 1 saturated carbocycles. The second kappa shape index (κ2) is 13.2. The summed E-state index contributed by atoms with van der Waals surface area (Å²) in [5.41, 5.74) is 0.927. The molecule has 1 heterocycles. The summed E-state index contributed by atoms with van der Waals surface area (Å²) in [4.78, 5) is 6.05. The quantitative estimate of drug-likeness (QED) is 0.213. The number of halogens is 2. The molecule has 12 heteroatoms. The number of nitrogens with one attached hydrogen (secondary N) is 1. The fourth-order valence-corrected chi connectivity index (χ4v) is 7.91. The molecule has 0 aliphatic heterocycles. The minimum Gasteiger partial charge on any atom is -0.497 e. The number of nitrogens with zero attached hydrogens (tertiary/aromatic N) is 3. The lowest BCUT2D eigenvalue weighted by molar-refractivity contribution is 0.209. The second-order valence-corrected chi connectivity index (χ2v) is 13.9. The average molecular weight is 635 g/mol. The van der Waals surface area contributed by atoms with Crippen molar-refractivity contribution in [3.05, 3.63) is 70.5 Å². The van der Waals surface area contributed by atoms with Gasteiger partial charge in [-0.2, -0.15) is 0 Å². The molecule has 5 rings (SSSR count). The van der Waals surface area contributed by atoms with Gasteiger partial charge in [-0.05, 0) is 63.0 Å². The topological polar surface area (TPSA) is 84.0 Å². The molecule has 8 nitrogen and oxygen atoms in total. The van der Waals surface area contributed by atoms with Crippen molar-refractivity contribution in [2.24, 2.45) is 5.92 Å². The van der Waals surface area contributed by atoms with E-state index in [4.69, 9.17) is 21.1 Å². The molecule has 1 N–H and O–H groups in total. The number of ether oxygens (including phenoxy) is 2. The van der Waals surface area contributed by atoms with Crippen molar-refractivity contribution in [3.63, 3.8) is 0 Å². The Labute approximate surface area is 256 Å². The van der Waals surface area contributed by atoms with Gasteiger partial charge in [-0.1, -0.05) is 36.6 Å². The largest absolute Gasteiger partial charge is 0.497 e. The zero-order valence-electron chi connectivity index (χ0n) is 23.9. The van der Waals surface area contributed by atoms with Crippen LogP contribution in [-0.2, 0) is 16.6 Å². The van der Waals surface area contributed by atoms with Gasteiger partial charge in [-0.15, -0.1) is 11.3 Å². The van der Waals surface area contributed by atoms with Crippen LogP contribution in [0.1, 0.15) is 37.7 Å². The highest BCUT2D eigenvalue weighted by Crippen LogP contribution is 2.37. The van der Waals surface area contributed by atoms with Crippen molar-refractivity contribution in [1.82, 2.24) is 9.88 Å². The summed E-state index contributed by atoms with van der Waals surface area (Å²) in [6, 6.07) is 7.68. The standard InChI is InChI=1S/C30H36ClFN4O4S2/c1-35(14-12-20-8-9-20)27-7-5-4-6-25(27)34-26-18-24(32)29(17-23(26)31)42(37,38)36(30-33-13-15-41-30)19-21-10-11-22(39-2)16-28(21)40-3/h4-5,10-11,13,15-18,20,25,27,34H,6-9,12,14,19H2,1-3H3/t25?,27-/m0/s1. The zero-order chi connectivity index (χ0) is 29.9. The van der Waals surface area contributed by atoms with Crippen molar-refractivity contribution in [3.8, 4) is 11.5 Å². The van der Waals surface area contributed by atoms with Gasteiger partial charge in [-0.3, -0.25) is 0 Å². The molecule has 0 saturated heterocycles. The maximum absolute atomic E-state index is 15.8. The van der Waals surface area contributed by atoms with E-state index in [1.165, 1.54) is 51.8 Å². The molecule has 3 aromatic rings. The van der Waals surface area contributed by atoms with E-state index in [1.807, 2.05) is 0 Å². The van der Waals surface area contributed by atoms with Crippen molar-refractivity contribution in [1.29, 1.82) is 0 Å². The number of sulfonamides is 1. The third kappa shape index (κ3) is 6.85. The van der Waals surface area contributed by atoms with Crippen LogP contribution in [0.25, 0.3) is 0 Å². The summed E-state index contributed by atoms with van der Waals surface area (Å²) >= 11 is 7.78. The molecular weight excluding hydrogens is 599 g/mol. The highest BCUT2D eigenvalue weighted by Gasteiger charge is 2.33. The average Bonchev–Trinajstić information content (AvgIpc) is 3.67. The molecule has 2 aliphatic carbocycles. The van der Waals surface area contributed by atoms with Crippen molar-refractivity contribution >= 4 is 43.8 Å². The molecule has 1 unspecified atom stereocenters. The molecule has 2 aromatic carbocycles. The van der Waals surface area contributed by atoms with E-state index < -0.39 is 20.7 Å². The van der Waals surface area contributed by atoms with Crippen molar-refractivity contribution < 1.29 is 22.3 Å². The first-order chi connectivity index (χ1) is 20.2. The maximum Gasteiger partial charge on any atom is 0.269 e. The van der Waals surface area contributed by atoms with E-state index in [0.29, 0.717) is 22.7 Å². The van der Waals surface area contributed by atoms with Gasteiger partial charge >= 0.3 is 0 Å². The normalized spacial score (nSPS) is 18.7. The van der Waals surface area contributed by atoms with Crippen molar-refractivity contribution in [2.75, 3.05) is 37.4 Å². The van der Waals surface area contributed by atoms with Crippen LogP contribution >= 0.6 is 22.9 Å². The molecule has 2 aliphatic rings. The molecule has 2 atom stereocenters. The first-order valence-electron chi connectivity index (χ1n) is 13.9. The van der Waals surface area contributed by atoms with Gasteiger partial charge in [-0.25, -0.2) is 22.1 Å². The van der Waals surface area contributed by atoms with Crippen molar-refractivity contribution in [2.45, 2.75) is 55.6 Å². The van der Waals surface area contributed by atoms with Gasteiger partial charge in [0.25, 0.3) is 10.0 Å². The number of thiazole rings is 1. The van der Waals surface area contributed by atoms with Crippen LogP contribution < -0.4 is 19.1 Å². The first-order valence-corrected chi connectivity index (χ1v) is 16.6. The Kier molecular flexibility index (Phi) is 9.61. The van der Waals surface area contributed by atoms with Gasteiger partial charge < -0.3 is 19.7 Å². The summed E-state index contributed by atoms with van der Waals surface area (Å²) in [5, 5.41) is 5.40. The molecular formula is C30H36ClFN4O4S2. The number of methoxy groups -OCH3 is 2. The summed E-state index contributed by atoms with van der Waals surface area (Å²) in [6.45, 7) is 0.871. The molecule has 1 aromatic heterocycles. The second-order valence-electron chi connectivity index (χ2n) is 10.7. The fourth-order valence-electron chi connectivity index (χ4n) is 5.29. The SMILES string of the molecule is COc1ccc(CN(c2nccs2)S(=O)(=O)c2cc(Cl)c(NC3CC=CC[C@@H]3N(C)CCC3CC3)cc2F)c(OC)c1. The Morgan fingerprint density at radius 1 is 1.14 bits per heavy atom. The van der Waals surface area contributed by atoms with Crippen LogP contribution in [0.3, 0.4) is 0 Å². The number of benzene rings is 2. The van der Waals surface area contributed by atoms with Crippen LogP contribution in [0.4, 0.5) is 15.2 Å². The van der Waals surface area contributed by atoms with Gasteiger partial charge in [0.15, 0.2) is 5.13 Å². The third-order valence-corrected chi connectivity index (χ3v) is 10.9. The van der Waals surface area contributed by atoms with E-state index in [-0.39, 0.29) is 28.8 Å². The van der Waals surface area contributed by atoms with Crippen LogP contribution in [0.5, 0.6) is 11.5 Å². The van der Waals surface area contributed by atoms with Gasteiger partial charge in [0.1, 0.15) is 22.2 Å². The summed E-state index contributed by atoms with van der Waals surface area (Å²) in [5.74, 6) is 0.938. The first kappa shape index (κ1) is 30.6. The number of hydrogen-bond donors (Lipinski definition) is 1. The highest BCUT2D eigenvalue weighted by molar-refractivity contribution is 7.93. The lowest BCUT2D eigenvalue weighted by Crippen LogP contribution is -2.46. The lowest BCUT2D eigenvalue weighted by Gasteiger charge is -2.37. The molecule has 0 radical (unpaired) electrons. The molecule has 0 spiro atoms. The summed E-state index contributed by atoms with van der Waals surface area (Å²) < 4.78 is 55.6. The fraction of sp³-hybridized carbons (Fsp3) is 0.433. The van der Waals surface area contributed by atoms with Gasteiger partial charge in [0, 0.05) is 35.3 Å². The van der Waals surface area contributed by atoms with E-state index in [1.54, 1.807) is 23.6 Å². The number of rotatable bonds is 13. The maximum atomic E-state index is 15.8. The van der Waals surface area contributed by atoms with Crippen LogP contribution in [0.2, 0.25) is 5.02 Å². The Balaban J connectivity index is 1.41. The Bertz CT molecular complexity index is 1520. The summed E-state index contributed by atoms with van der Waals surface area (Å²) in [7, 11) is 0.738. The molecule has 0 amide bonds. The molecule has 42 heavy (non-hydrogen) atoms. The van der Waals surface area contributed by atoms with Crippen LogP contribution in [0, 0.1) is 11.7 Å². The van der Waals surface area contributed by atoms with Gasteiger partial charge in [0.2, 0.25) is 0 Å². The highest BCUT2D eigenvalue weighted by atomic mass is 35.5. The minimum absolute atomic E-state index is 0.00733. The van der Waals surface area contributed by atoms with Gasteiger partial charge in [0.05, 0.1) is 31.5 Å². The van der Waals surface area contributed by atoms with E-state index in [0.717, 1.165) is 40.9 Å². The van der Waals surface area contributed by atoms with E-state index in [2.05, 4.69) is 34.4 Å². The zero-order valence-corrected chi connectivity index (χ0v) is 26.3. The Morgan fingerprint density at radius 3 is 2.62 bits per heavy atom. The number of likely N-dealkylation sites (N-methyl/N-ethyl adjacent to an activating group) is 1. The lowest BCUT2D eigenvalue weighted by atomic mass is 9.94. The predicted molar refractivity (Wildman–Crippen MR) is 166 cm³/mol.